The number of hydrogen-bond acceptors (Lipinski definition) is 4. The average molecular weight is 306 g/mol. The lowest BCUT2D eigenvalue weighted by Gasteiger charge is -2.06. The van der Waals surface area contributed by atoms with Crippen molar-refractivity contribution in [2.45, 2.75) is 26.4 Å². The molecule has 1 aromatic carbocycles. The number of nitrogens with zero attached hydrogens (tertiary/aromatic N) is 2. The number of imidazole rings is 1. The number of ether oxygens (including phenoxy) is 1. The average Bonchev–Trinajstić information content (AvgIpc) is 3.08. The molecule has 0 fully saturated rings. The Balaban J connectivity index is 1.83. The van der Waals surface area contributed by atoms with E-state index in [4.69, 9.17) is 10.5 Å². The first-order valence-electron chi connectivity index (χ1n) is 7.68. The van der Waals surface area contributed by atoms with Gasteiger partial charge in [-0.05, 0) is 49.7 Å². The van der Waals surface area contributed by atoms with Gasteiger partial charge in [0.2, 0.25) is 0 Å². The van der Waals surface area contributed by atoms with Gasteiger partial charge in [0.25, 0.3) is 0 Å². The molecule has 0 bridgehead atoms. The molecular weight excluding hydrogens is 288 g/mol. The number of anilines is 1. The zero-order valence-electron chi connectivity index (χ0n) is 13.1. The molecule has 2 aromatic heterocycles. The lowest BCUT2D eigenvalue weighted by Crippen LogP contribution is -2.05. The molecule has 3 N–H and O–H groups in total. The molecule has 5 nitrogen and oxygen atoms in total. The van der Waals surface area contributed by atoms with Gasteiger partial charge in [-0.15, -0.1) is 0 Å². The SMILES string of the molecule is Cc1cc(-c2[nH]c(N)nc2-c2ccc3c(c2)CC(C)O3)ccn1. The van der Waals surface area contributed by atoms with Crippen LogP contribution < -0.4 is 10.5 Å². The molecule has 1 atom stereocenters. The molecule has 5 heteroatoms. The standard InChI is InChI=1S/C18H18N4O/c1-10-7-13(5-6-20-10)17-16(21-18(19)22-17)12-3-4-15-14(9-12)8-11(2)23-15/h3-7,9,11H,8H2,1-2H3,(H3,19,21,22). The number of aromatic nitrogens is 3. The number of nitrogens with one attached hydrogen (secondary N) is 1. The Morgan fingerprint density at radius 1 is 1.22 bits per heavy atom. The first-order chi connectivity index (χ1) is 11.1. The predicted molar refractivity (Wildman–Crippen MR) is 90.2 cm³/mol. The third kappa shape index (κ3) is 2.44. The van der Waals surface area contributed by atoms with E-state index in [0.29, 0.717) is 5.95 Å². The first-order valence-corrected chi connectivity index (χ1v) is 7.68. The summed E-state index contributed by atoms with van der Waals surface area (Å²) >= 11 is 0. The van der Waals surface area contributed by atoms with Crippen LogP contribution in [0.15, 0.2) is 36.5 Å². The van der Waals surface area contributed by atoms with Crippen LogP contribution in [-0.4, -0.2) is 21.1 Å². The number of rotatable bonds is 2. The maximum atomic E-state index is 5.92. The lowest BCUT2D eigenvalue weighted by molar-refractivity contribution is 0.254. The van der Waals surface area contributed by atoms with Crippen LogP contribution in [0.25, 0.3) is 22.5 Å². The summed E-state index contributed by atoms with van der Waals surface area (Å²) in [5.74, 6) is 1.38. The van der Waals surface area contributed by atoms with Crippen LogP contribution in [0, 0.1) is 6.92 Å². The number of H-pyrrole nitrogens is 1. The second-order valence-corrected chi connectivity index (χ2v) is 5.99. The Kier molecular flexibility index (Phi) is 3.08. The number of aromatic amines is 1. The van der Waals surface area contributed by atoms with E-state index in [9.17, 15) is 0 Å². The zero-order chi connectivity index (χ0) is 16.0. The Morgan fingerprint density at radius 3 is 2.91 bits per heavy atom. The molecule has 1 unspecified atom stereocenters. The summed E-state index contributed by atoms with van der Waals surface area (Å²) in [4.78, 5) is 11.9. The predicted octanol–water partition coefficient (Wildman–Crippen LogP) is 3.35. The molecule has 0 amide bonds. The van der Waals surface area contributed by atoms with E-state index in [1.54, 1.807) is 6.20 Å². The minimum atomic E-state index is 0.229. The number of aryl methyl sites for hydroxylation is 1. The zero-order valence-corrected chi connectivity index (χ0v) is 13.1. The van der Waals surface area contributed by atoms with Crippen LogP contribution in [0.2, 0.25) is 0 Å². The summed E-state index contributed by atoms with van der Waals surface area (Å²) in [7, 11) is 0. The molecule has 3 heterocycles. The highest BCUT2D eigenvalue weighted by atomic mass is 16.5. The fourth-order valence-electron chi connectivity index (χ4n) is 3.08. The molecule has 0 aliphatic carbocycles. The van der Waals surface area contributed by atoms with E-state index in [0.717, 1.165) is 40.4 Å². The second kappa shape index (κ2) is 5.12. The summed E-state index contributed by atoms with van der Waals surface area (Å²) in [6, 6.07) is 10.2. The molecule has 0 spiro atoms. The summed E-state index contributed by atoms with van der Waals surface area (Å²) in [6.45, 7) is 4.05. The van der Waals surface area contributed by atoms with Crippen molar-refractivity contribution in [1.82, 2.24) is 15.0 Å². The first kappa shape index (κ1) is 13.8. The monoisotopic (exact) mass is 306 g/mol. The van der Waals surface area contributed by atoms with Gasteiger partial charge in [-0.25, -0.2) is 4.98 Å². The van der Waals surface area contributed by atoms with Crippen molar-refractivity contribution in [1.29, 1.82) is 0 Å². The minimum Gasteiger partial charge on any atom is -0.490 e. The third-order valence-corrected chi connectivity index (χ3v) is 4.08. The highest BCUT2D eigenvalue weighted by Crippen LogP contribution is 2.36. The summed E-state index contributed by atoms with van der Waals surface area (Å²) in [6.07, 6.45) is 2.95. The Morgan fingerprint density at radius 2 is 2.09 bits per heavy atom. The van der Waals surface area contributed by atoms with Gasteiger partial charge < -0.3 is 15.5 Å². The molecule has 0 saturated heterocycles. The van der Waals surface area contributed by atoms with E-state index in [1.807, 2.05) is 31.2 Å². The molecular formula is C18H18N4O. The van der Waals surface area contributed by atoms with Crippen molar-refractivity contribution < 1.29 is 4.74 Å². The summed E-state index contributed by atoms with van der Waals surface area (Å²) in [5, 5.41) is 0. The fraction of sp³-hybridized carbons (Fsp3) is 0.222. The van der Waals surface area contributed by atoms with Gasteiger partial charge in [0.15, 0.2) is 5.95 Å². The summed E-state index contributed by atoms with van der Waals surface area (Å²) < 4.78 is 5.77. The smallest absolute Gasteiger partial charge is 0.198 e. The van der Waals surface area contributed by atoms with Crippen molar-refractivity contribution in [2.24, 2.45) is 0 Å². The molecule has 0 saturated carbocycles. The van der Waals surface area contributed by atoms with Gasteiger partial charge >= 0.3 is 0 Å². The lowest BCUT2D eigenvalue weighted by atomic mass is 10.0. The Labute approximate surface area is 134 Å². The normalized spacial score (nSPS) is 16.2. The van der Waals surface area contributed by atoms with Gasteiger partial charge in [-0.1, -0.05) is 0 Å². The minimum absolute atomic E-state index is 0.229. The molecule has 4 rings (SSSR count). The second-order valence-electron chi connectivity index (χ2n) is 5.99. The largest absolute Gasteiger partial charge is 0.490 e. The van der Waals surface area contributed by atoms with E-state index < -0.39 is 0 Å². The van der Waals surface area contributed by atoms with Crippen LogP contribution in [-0.2, 0) is 6.42 Å². The van der Waals surface area contributed by atoms with E-state index in [-0.39, 0.29) is 6.10 Å². The number of hydrogen-bond donors (Lipinski definition) is 2. The molecule has 0 radical (unpaired) electrons. The van der Waals surface area contributed by atoms with Crippen LogP contribution in [0.5, 0.6) is 5.75 Å². The van der Waals surface area contributed by atoms with Crippen LogP contribution in [0.3, 0.4) is 0 Å². The highest BCUT2D eigenvalue weighted by molar-refractivity contribution is 5.80. The molecule has 1 aliphatic heterocycles. The van der Waals surface area contributed by atoms with Crippen molar-refractivity contribution in [3.8, 4) is 28.3 Å². The van der Waals surface area contributed by atoms with Crippen LogP contribution in [0.1, 0.15) is 18.2 Å². The molecule has 3 aromatic rings. The quantitative estimate of drug-likeness (QED) is 0.761. The van der Waals surface area contributed by atoms with Gasteiger partial charge in [0.05, 0.1) is 11.4 Å². The molecule has 1 aliphatic rings. The van der Waals surface area contributed by atoms with Gasteiger partial charge in [-0.3, -0.25) is 4.98 Å². The van der Waals surface area contributed by atoms with Gasteiger partial charge in [-0.2, -0.15) is 0 Å². The number of fused-ring (bicyclic) bond motifs is 1. The fourth-order valence-corrected chi connectivity index (χ4v) is 3.08. The van der Waals surface area contributed by atoms with Crippen LogP contribution in [0.4, 0.5) is 5.95 Å². The van der Waals surface area contributed by atoms with Crippen molar-refractivity contribution in [3.63, 3.8) is 0 Å². The summed E-state index contributed by atoms with van der Waals surface area (Å²) in [5.41, 5.74) is 11.9. The van der Waals surface area contributed by atoms with E-state index in [1.165, 1.54) is 5.56 Å². The number of nitrogens with two attached hydrogens (primary N) is 1. The number of benzene rings is 1. The number of nitrogen functional groups attached to an aromatic ring is 1. The van der Waals surface area contributed by atoms with Crippen LogP contribution >= 0.6 is 0 Å². The molecule has 116 valence electrons. The van der Waals surface area contributed by atoms with E-state index >= 15 is 0 Å². The number of pyridine rings is 1. The van der Waals surface area contributed by atoms with Crippen molar-refractivity contribution >= 4 is 5.95 Å². The van der Waals surface area contributed by atoms with Gasteiger partial charge in [0, 0.05) is 29.4 Å². The third-order valence-electron chi connectivity index (χ3n) is 4.08. The van der Waals surface area contributed by atoms with Crippen molar-refractivity contribution in [2.75, 3.05) is 5.73 Å². The molecule has 23 heavy (non-hydrogen) atoms. The Hall–Kier alpha value is -2.82. The van der Waals surface area contributed by atoms with E-state index in [2.05, 4.69) is 27.9 Å². The topological polar surface area (TPSA) is 76.8 Å². The Bertz CT molecular complexity index is 884. The van der Waals surface area contributed by atoms with Crippen molar-refractivity contribution in [3.05, 3.63) is 47.8 Å². The maximum Gasteiger partial charge on any atom is 0.198 e. The van der Waals surface area contributed by atoms with Gasteiger partial charge in [0.1, 0.15) is 11.9 Å². The maximum absolute atomic E-state index is 5.92. The highest BCUT2D eigenvalue weighted by Gasteiger charge is 2.21.